The Balaban J connectivity index is 1.66. The number of hydrogen-bond acceptors (Lipinski definition) is 7. The van der Waals surface area contributed by atoms with Gasteiger partial charge in [-0.2, -0.15) is 5.10 Å². The molecule has 0 N–H and O–H groups in total. The number of ether oxygens (including phenoxy) is 1. The molecule has 1 saturated heterocycles. The van der Waals surface area contributed by atoms with Gasteiger partial charge in [0.15, 0.2) is 5.82 Å². The number of likely N-dealkylation sites (N-methyl/N-ethyl adjacent to an activating group) is 2. The van der Waals surface area contributed by atoms with Gasteiger partial charge in [0.1, 0.15) is 18.0 Å². The molecule has 1 aliphatic rings. The van der Waals surface area contributed by atoms with E-state index in [1.807, 2.05) is 44.0 Å². The maximum Gasteiger partial charge on any atom is 0.243 e. The summed E-state index contributed by atoms with van der Waals surface area (Å²) in [4.78, 5) is 25.9. The van der Waals surface area contributed by atoms with Crippen molar-refractivity contribution in [3.63, 3.8) is 0 Å². The summed E-state index contributed by atoms with van der Waals surface area (Å²) < 4.78 is 5.40. The number of carbonyl (C=O) groups is 1. The van der Waals surface area contributed by atoms with Crippen LogP contribution in [0.1, 0.15) is 33.0 Å². The van der Waals surface area contributed by atoms with E-state index in [9.17, 15) is 4.79 Å². The highest BCUT2D eigenvalue weighted by Crippen LogP contribution is 2.35. The van der Waals surface area contributed by atoms with Gasteiger partial charge < -0.3 is 14.5 Å². The van der Waals surface area contributed by atoms with Crippen molar-refractivity contribution in [1.29, 1.82) is 0 Å². The van der Waals surface area contributed by atoms with Gasteiger partial charge in [0.05, 0.1) is 17.5 Å². The highest BCUT2D eigenvalue weighted by molar-refractivity contribution is 6.34. The van der Waals surface area contributed by atoms with E-state index in [2.05, 4.69) is 26.9 Å². The molecule has 0 saturated carbocycles. The lowest BCUT2D eigenvalue weighted by Crippen LogP contribution is -2.40. The molecule has 0 bridgehead atoms. The molecular formula is C26H36Cl2N6O2. The zero-order valence-corrected chi connectivity index (χ0v) is 23.2. The Hall–Kier alpha value is -2.58. The molecule has 0 radical (unpaired) electrons. The standard InChI is InChI=1S/C26H36Cl2N6O2/c1-6-19-15-33(21-9-10-22(28)23(13-21)36-5)16-20(19)14-32(4)24(35)17-34(7-2)31-25(18(3)27)26-29-11-8-12-30-26/h8-13,18-20H,6-7,14-17H2,1-5H3/b31-25+. The van der Waals surface area contributed by atoms with Gasteiger partial charge in [-0.1, -0.05) is 24.9 Å². The number of hydrazone groups is 1. The molecule has 2 aromatic rings. The molecule has 1 amide bonds. The van der Waals surface area contributed by atoms with Crippen molar-refractivity contribution in [2.24, 2.45) is 16.9 Å². The van der Waals surface area contributed by atoms with E-state index in [0.29, 0.717) is 47.2 Å². The van der Waals surface area contributed by atoms with E-state index < -0.39 is 5.38 Å². The quantitative estimate of drug-likeness (QED) is 0.241. The fraction of sp³-hybridized carbons (Fsp3) is 0.538. The fourth-order valence-electron chi connectivity index (χ4n) is 4.50. The Morgan fingerprint density at radius 2 is 1.94 bits per heavy atom. The van der Waals surface area contributed by atoms with E-state index in [0.717, 1.165) is 25.2 Å². The minimum Gasteiger partial charge on any atom is -0.495 e. The van der Waals surface area contributed by atoms with Gasteiger partial charge in [-0.05, 0) is 43.9 Å². The second-order valence-corrected chi connectivity index (χ2v) is 10.1. The molecule has 0 spiro atoms. The molecule has 0 aliphatic carbocycles. The summed E-state index contributed by atoms with van der Waals surface area (Å²) in [6.07, 6.45) is 4.36. The number of anilines is 1. The second kappa shape index (κ2) is 13.1. The molecule has 3 atom stereocenters. The monoisotopic (exact) mass is 534 g/mol. The zero-order valence-electron chi connectivity index (χ0n) is 21.7. The largest absolute Gasteiger partial charge is 0.495 e. The SMILES string of the molecule is CCC1CN(c2ccc(Cl)c(OC)c2)CC1CN(C)C(=O)CN(CC)/N=C(/c1ncccn1)C(C)Cl. The maximum atomic E-state index is 13.2. The van der Waals surface area contributed by atoms with Crippen LogP contribution >= 0.6 is 23.2 Å². The molecule has 1 fully saturated rings. The molecule has 2 heterocycles. The lowest BCUT2D eigenvalue weighted by Gasteiger charge is -2.27. The van der Waals surface area contributed by atoms with Crippen molar-refractivity contribution in [2.75, 3.05) is 51.8 Å². The first kappa shape index (κ1) is 28.0. The average Bonchev–Trinajstić information content (AvgIpc) is 3.29. The molecule has 1 aromatic heterocycles. The number of benzene rings is 1. The number of halogens is 2. The first-order valence-electron chi connectivity index (χ1n) is 12.3. The number of amides is 1. The van der Waals surface area contributed by atoms with Crippen LogP contribution in [0, 0.1) is 11.8 Å². The Morgan fingerprint density at radius 1 is 1.25 bits per heavy atom. The molecule has 1 aromatic carbocycles. The Bertz CT molecular complexity index is 1040. The van der Waals surface area contributed by atoms with Crippen LogP contribution in [-0.2, 0) is 4.79 Å². The van der Waals surface area contributed by atoms with Crippen LogP contribution in [0.4, 0.5) is 5.69 Å². The first-order valence-corrected chi connectivity index (χ1v) is 13.2. The fourth-order valence-corrected chi connectivity index (χ4v) is 4.83. The molecule has 3 unspecified atom stereocenters. The third-order valence-corrected chi connectivity index (χ3v) is 7.16. The smallest absolute Gasteiger partial charge is 0.243 e. The highest BCUT2D eigenvalue weighted by Gasteiger charge is 2.33. The van der Waals surface area contributed by atoms with Crippen molar-refractivity contribution in [1.82, 2.24) is 19.9 Å². The van der Waals surface area contributed by atoms with Gasteiger partial charge in [-0.15, -0.1) is 11.6 Å². The number of aromatic nitrogens is 2. The van der Waals surface area contributed by atoms with Crippen LogP contribution in [0.25, 0.3) is 0 Å². The van der Waals surface area contributed by atoms with Crippen molar-refractivity contribution >= 4 is 40.5 Å². The van der Waals surface area contributed by atoms with E-state index >= 15 is 0 Å². The predicted octanol–water partition coefficient (Wildman–Crippen LogP) is 4.41. The van der Waals surface area contributed by atoms with E-state index in [-0.39, 0.29) is 12.5 Å². The second-order valence-electron chi connectivity index (χ2n) is 9.08. The summed E-state index contributed by atoms with van der Waals surface area (Å²) >= 11 is 12.6. The summed E-state index contributed by atoms with van der Waals surface area (Å²) in [6, 6.07) is 7.62. The summed E-state index contributed by atoms with van der Waals surface area (Å²) in [5.74, 6) is 2.00. The highest BCUT2D eigenvalue weighted by atomic mass is 35.5. The van der Waals surface area contributed by atoms with Crippen molar-refractivity contribution in [2.45, 2.75) is 32.6 Å². The number of methoxy groups -OCH3 is 1. The van der Waals surface area contributed by atoms with Gasteiger partial charge in [-0.25, -0.2) is 9.97 Å². The number of alkyl halides is 1. The van der Waals surface area contributed by atoms with Crippen LogP contribution in [0.15, 0.2) is 41.8 Å². The van der Waals surface area contributed by atoms with Crippen molar-refractivity contribution in [3.05, 3.63) is 47.5 Å². The van der Waals surface area contributed by atoms with Crippen molar-refractivity contribution < 1.29 is 9.53 Å². The van der Waals surface area contributed by atoms with E-state index in [1.165, 1.54) is 0 Å². The molecule has 10 heteroatoms. The van der Waals surface area contributed by atoms with Crippen LogP contribution in [0.5, 0.6) is 5.75 Å². The summed E-state index contributed by atoms with van der Waals surface area (Å²) in [5.41, 5.74) is 1.63. The zero-order chi connectivity index (χ0) is 26.2. The Morgan fingerprint density at radius 3 is 2.56 bits per heavy atom. The predicted molar refractivity (Wildman–Crippen MR) is 146 cm³/mol. The first-order chi connectivity index (χ1) is 17.3. The summed E-state index contributed by atoms with van der Waals surface area (Å²) in [6.45, 7) is 9.21. The third-order valence-electron chi connectivity index (χ3n) is 6.64. The minimum absolute atomic E-state index is 0.0117. The minimum atomic E-state index is -0.393. The van der Waals surface area contributed by atoms with Crippen LogP contribution in [0.3, 0.4) is 0 Å². The Kier molecular flexibility index (Phi) is 10.2. The summed E-state index contributed by atoms with van der Waals surface area (Å²) in [7, 11) is 3.49. The summed E-state index contributed by atoms with van der Waals surface area (Å²) in [5, 5.41) is 6.57. The lowest BCUT2D eigenvalue weighted by atomic mass is 9.93. The van der Waals surface area contributed by atoms with Gasteiger partial charge in [0.25, 0.3) is 0 Å². The Labute approximate surface area is 224 Å². The lowest BCUT2D eigenvalue weighted by molar-refractivity contribution is -0.131. The molecule has 196 valence electrons. The molecule has 1 aliphatic heterocycles. The van der Waals surface area contributed by atoms with Gasteiger partial charge in [-0.3, -0.25) is 9.80 Å². The van der Waals surface area contributed by atoms with Crippen LogP contribution < -0.4 is 9.64 Å². The molecular weight excluding hydrogens is 499 g/mol. The normalized spacial score (nSPS) is 18.8. The van der Waals surface area contributed by atoms with Crippen LogP contribution in [-0.4, -0.2) is 83.8 Å². The molecule has 36 heavy (non-hydrogen) atoms. The van der Waals surface area contributed by atoms with E-state index in [4.69, 9.17) is 27.9 Å². The van der Waals surface area contributed by atoms with Crippen molar-refractivity contribution in [3.8, 4) is 5.75 Å². The van der Waals surface area contributed by atoms with Gasteiger partial charge in [0.2, 0.25) is 5.91 Å². The topological polar surface area (TPSA) is 74.2 Å². The number of carbonyl (C=O) groups excluding carboxylic acids is 1. The third kappa shape index (κ3) is 7.01. The average molecular weight is 536 g/mol. The molecule has 3 rings (SSSR count). The van der Waals surface area contributed by atoms with Gasteiger partial charge >= 0.3 is 0 Å². The van der Waals surface area contributed by atoms with Crippen LogP contribution in [0.2, 0.25) is 5.02 Å². The van der Waals surface area contributed by atoms with E-state index in [1.54, 1.807) is 30.6 Å². The number of hydrogen-bond donors (Lipinski definition) is 0. The van der Waals surface area contributed by atoms with Gasteiger partial charge in [0, 0.05) is 57.4 Å². The number of nitrogens with zero attached hydrogens (tertiary/aromatic N) is 6. The molecule has 8 nitrogen and oxygen atoms in total. The number of rotatable bonds is 11. The maximum absolute atomic E-state index is 13.2.